The highest BCUT2D eigenvalue weighted by molar-refractivity contribution is 6.22. The number of rotatable bonds is 8. The molecule has 0 aliphatic heterocycles. The Balaban J connectivity index is 0.994. The van der Waals surface area contributed by atoms with Crippen molar-refractivity contribution in [3.8, 4) is 89.0 Å². The third-order valence-corrected chi connectivity index (χ3v) is 14.8. The summed E-state index contributed by atoms with van der Waals surface area (Å²) in [5.74, 6) is 0. The molecule has 0 atom stereocenters. The monoisotopic (exact) mass is 926 g/mol. The summed E-state index contributed by atoms with van der Waals surface area (Å²) in [6.45, 7) is 0. The summed E-state index contributed by atoms with van der Waals surface area (Å²) in [4.78, 5) is 0. The summed E-state index contributed by atoms with van der Waals surface area (Å²) >= 11 is 0. The van der Waals surface area contributed by atoms with Gasteiger partial charge in [-0.15, -0.1) is 0 Å². The average molecular weight is 927 g/mol. The largest absolute Gasteiger partial charge is 0.455 e. The van der Waals surface area contributed by atoms with Gasteiger partial charge in [-0.05, 0) is 159 Å². The zero-order chi connectivity index (χ0) is 48.2. The molecule has 14 rings (SSSR count). The van der Waals surface area contributed by atoms with Gasteiger partial charge in [0.25, 0.3) is 0 Å². The lowest BCUT2D eigenvalue weighted by Gasteiger charge is -2.19. The maximum atomic E-state index is 7.26. The molecule has 73 heavy (non-hydrogen) atoms. The highest BCUT2D eigenvalue weighted by Crippen LogP contribution is 2.47. The van der Waals surface area contributed by atoms with E-state index in [0.717, 1.165) is 72.0 Å². The van der Waals surface area contributed by atoms with Crippen molar-refractivity contribution >= 4 is 54.3 Å². The van der Waals surface area contributed by atoms with Crippen molar-refractivity contribution in [3.63, 3.8) is 0 Å². The van der Waals surface area contributed by atoms with Crippen LogP contribution in [-0.4, -0.2) is 0 Å². The second-order valence-corrected chi connectivity index (χ2v) is 19.1. The van der Waals surface area contributed by atoms with E-state index >= 15 is 0 Å². The van der Waals surface area contributed by atoms with Crippen LogP contribution >= 0.6 is 0 Å². The lowest BCUT2D eigenvalue weighted by molar-refractivity contribution is 0.671. The second kappa shape index (κ2) is 17.7. The van der Waals surface area contributed by atoms with Gasteiger partial charge in [-0.1, -0.05) is 231 Å². The third kappa shape index (κ3) is 7.50. The van der Waals surface area contributed by atoms with Crippen LogP contribution in [0.1, 0.15) is 0 Å². The zero-order valence-electron chi connectivity index (χ0n) is 40.0. The Hall–Kier alpha value is -9.56. The van der Waals surface area contributed by atoms with Crippen molar-refractivity contribution in [1.29, 1.82) is 0 Å². The van der Waals surface area contributed by atoms with Crippen LogP contribution in [0.3, 0.4) is 0 Å². The van der Waals surface area contributed by atoms with Crippen LogP contribution in [0.15, 0.2) is 283 Å². The molecule has 0 saturated heterocycles. The summed E-state index contributed by atoms with van der Waals surface area (Å²) in [5, 5.41) is 9.53. The average Bonchev–Trinajstić information content (AvgIpc) is 3.85. The maximum absolute atomic E-state index is 7.26. The first kappa shape index (κ1) is 42.3. The molecule has 0 aliphatic carbocycles. The van der Waals surface area contributed by atoms with E-state index < -0.39 is 0 Å². The Kier molecular flexibility index (Phi) is 10.3. The van der Waals surface area contributed by atoms with Crippen LogP contribution in [0.4, 0.5) is 0 Å². The first-order valence-corrected chi connectivity index (χ1v) is 25.1. The molecule has 1 heterocycles. The summed E-state index contributed by atoms with van der Waals surface area (Å²) < 4.78 is 7.26. The molecule has 340 valence electrons. The topological polar surface area (TPSA) is 13.1 Å². The van der Waals surface area contributed by atoms with Gasteiger partial charge in [-0.2, -0.15) is 0 Å². The zero-order valence-corrected chi connectivity index (χ0v) is 40.0. The van der Waals surface area contributed by atoms with Crippen molar-refractivity contribution in [2.24, 2.45) is 0 Å². The van der Waals surface area contributed by atoms with Gasteiger partial charge < -0.3 is 4.42 Å². The lowest BCUT2D eigenvalue weighted by Crippen LogP contribution is -1.91. The van der Waals surface area contributed by atoms with Crippen LogP contribution in [0, 0.1) is 0 Å². The molecule has 0 unspecified atom stereocenters. The molecular formula is C72H46O. The highest BCUT2D eigenvalue weighted by Gasteiger charge is 2.22. The van der Waals surface area contributed by atoms with Gasteiger partial charge in [0.05, 0.1) is 0 Å². The number of hydrogen-bond donors (Lipinski definition) is 0. The molecule has 0 amide bonds. The van der Waals surface area contributed by atoms with Crippen LogP contribution < -0.4 is 0 Å². The standard InChI is InChI=1S/C72H46O/c1-5-19-47(20-6-1)53-29-17-31-55(39-53)59-43-64(49-22-7-2-8-23-49)71-67(45-59)68-46-60(44-65(72(68)73-71)58-36-35-48-21-13-14-28-52(48)41-58)56-32-18-30-54(40-56)57-37-38-63-66(42-57)70(51-26-11-4-12-27-51)62-34-16-15-33-61(62)69(63)50-24-9-3-10-25-50/h1-46H. The van der Waals surface area contributed by atoms with E-state index in [2.05, 4.69) is 279 Å². The van der Waals surface area contributed by atoms with E-state index in [1.54, 1.807) is 0 Å². The maximum Gasteiger partial charge on any atom is 0.143 e. The van der Waals surface area contributed by atoms with Crippen molar-refractivity contribution in [3.05, 3.63) is 279 Å². The van der Waals surface area contributed by atoms with Crippen LogP contribution in [0.5, 0.6) is 0 Å². The van der Waals surface area contributed by atoms with Gasteiger partial charge in [0.2, 0.25) is 0 Å². The van der Waals surface area contributed by atoms with Crippen LogP contribution in [0.25, 0.3) is 143 Å². The lowest BCUT2D eigenvalue weighted by atomic mass is 9.84. The predicted octanol–water partition coefficient (Wildman–Crippen LogP) is 20.4. The van der Waals surface area contributed by atoms with Gasteiger partial charge in [0, 0.05) is 21.9 Å². The van der Waals surface area contributed by atoms with Gasteiger partial charge in [-0.25, -0.2) is 0 Å². The van der Waals surface area contributed by atoms with E-state index in [4.69, 9.17) is 4.42 Å². The molecule has 0 bridgehead atoms. The Morgan fingerprint density at radius 2 is 0.562 bits per heavy atom. The van der Waals surface area contributed by atoms with Crippen molar-refractivity contribution in [2.75, 3.05) is 0 Å². The Labute approximate surface area is 424 Å². The molecule has 0 spiro atoms. The Morgan fingerprint density at radius 1 is 0.178 bits per heavy atom. The van der Waals surface area contributed by atoms with E-state index in [-0.39, 0.29) is 0 Å². The van der Waals surface area contributed by atoms with E-state index in [0.29, 0.717) is 0 Å². The Morgan fingerprint density at radius 3 is 1.14 bits per heavy atom. The Bertz CT molecular complexity index is 4400. The van der Waals surface area contributed by atoms with Crippen LogP contribution in [0.2, 0.25) is 0 Å². The van der Waals surface area contributed by atoms with Crippen molar-refractivity contribution < 1.29 is 4.42 Å². The van der Waals surface area contributed by atoms with Crippen molar-refractivity contribution in [1.82, 2.24) is 0 Å². The minimum absolute atomic E-state index is 0.877. The molecule has 1 heteroatoms. The smallest absolute Gasteiger partial charge is 0.143 e. The first-order chi connectivity index (χ1) is 36.2. The first-order valence-electron chi connectivity index (χ1n) is 25.1. The second-order valence-electron chi connectivity index (χ2n) is 19.1. The molecule has 1 nitrogen and oxygen atoms in total. The quantitative estimate of drug-likeness (QED) is 0.138. The van der Waals surface area contributed by atoms with Crippen LogP contribution in [-0.2, 0) is 0 Å². The van der Waals surface area contributed by atoms with Crippen molar-refractivity contribution in [2.45, 2.75) is 0 Å². The van der Waals surface area contributed by atoms with E-state index in [9.17, 15) is 0 Å². The normalized spacial score (nSPS) is 11.6. The minimum Gasteiger partial charge on any atom is -0.455 e. The molecule has 0 saturated carbocycles. The minimum atomic E-state index is 0.877. The van der Waals surface area contributed by atoms with E-state index in [1.165, 1.54) is 71.3 Å². The van der Waals surface area contributed by atoms with Gasteiger partial charge in [0.15, 0.2) is 0 Å². The molecule has 14 aromatic rings. The summed E-state index contributed by atoms with van der Waals surface area (Å²) in [5.41, 5.74) is 20.3. The molecule has 13 aromatic carbocycles. The van der Waals surface area contributed by atoms with E-state index in [1.807, 2.05) is 0 Å². The number of hydrogen-bond acceptors (Lipinski definition) is 1. The summed E-state index contributed by atoms with van der Waals surface area (Å²) in [6.07, 6.45) is 0. The SMILES string of the molecule is c1ccc(-c2cccc(-c3cc(-c4ccccc4)c4oc5c(-c6ccc7ccccc7c6)cc(-c6cccc(-c7ccc8c(-c9ccccc9)c9ccccc9c(-c9ccccc9)c8c7)c6)cc5c4c3)c2)cc1. The van der Waals surface area contributed by atoms with Gasteiger partial charge in [0.1, 0.15) is 11.2 Å². The number of furan rings is 1. The highest BCUT2D eigenvalue weighted by atomic mass is 16.3. The molecule has 0 radical (unpaired) electrons. The number of benzene rings is 13. The summed E-state index contributed by atoms with van der Waals surface area (Å²) in [6, 6.07) is 102. The summed E-state index contributed by atoms with van der Waals surface area (Å²) in [7, 11) is 0. The molecule has 1 aromatic heterocycles. The van der Waals surface area contributed by atoms with Gasteiger partial charge >= 0.3 is 0 Å². The third-order valence-electron chi connectivity index (χ3n) is 14.8. The molecule has 0 N–H and O–H groups in total. The molecule has 0 fully saturated rings. The fraction of sp³-hybridized carbons (Fsp3) is 0. The number of fused-ring (bicyclic) bond motifs is 6. The van der Waals surface area contributed by atoms with Gasteiger partial charge in [-0.3, -0.25) is 0 Å². The fourth-order valence-electron chi connectivity index (χ4n) is 11.3. The predicted molar refractivity (Wildman–Crippen MR) is 310 cm³/mol. The molecule has 0 aliphatic rings. The molecular weight excluding hydrogens is 881 g/mol. The fourth-order valence-corrected chi connectivity index (χ4v) is 11.3.